The number of carboxylic acid groups (broad SMARTS) is 1. The van der Waals surface area contributed by atoms with E-state index in [9.17, 15) is 14.3 Å². The van der Waals surface area contributed by atoms with E-state index in [0.29, 0.717) is 17.1 Å². The fourth-order valence-corrected chi connectivity index (χ4v) is 2.38. The number of methoxy groups -OCH3 is 2. The van der Waals surface area contributed by atoms with Crippen molar-refractivity contribution in [2.75, 3.05) is 14.2 Å². The van der Waals surface area contributed by atoms with Crippen molar-refractivity contribution in [1.82, 2.24) is 0 Å². The van der Waals surface area contributed by atoms with Gasteiger partial charge in [0, 0.05) is 0 Å². The monoisotopic (exact) mass is 304 g/mol. The molecule has 1 N–H and O–H groups in total. The van der Waals surface area contributed by atoms with Crippen LogP contribution in [0.1, 0.15) is 17.0 Å². The zero-order chi connectivity index (χ0) is 16.1. The number of halogens is 1. The minimum absolute atomic E-state index is 0.224. The summed E-state index contributed by atoms with van der Waals surface area (Å²) < 4.78 is 23.6. The topological polar surface area (TPSA) is 55.8 Å². The second-order valence-corrected chi connectivity index (χ2v) is 4.80. The van der Waals surface area contributed by atoms with Crippen molar-refractivity contribution in [1.29, 1.82) is 0 Å². The molecule has 0 saturated heterocycles. The lowest BCUT2D eigenvalue weighted by Crippen LogP contribution is -2.15. The van der Waals surface area contributed by atoms with Gasteiger partial charge in [-0.05, 0) is 35.7 Å². The Labute approximate surface area is 128 Å². The largest absolute Gasteiger partial charge is 0.493 e. The summed E-state index contributed by atoms with van der Waals surface area (Å²) in [7, 11) is 3.03. The number of carboxylic acids is 1. The smallest absolute Gasteiger partial charge is 0.311 e. The van der Waals surface area contributed by atoms with Crippen molar-refractivity contribution < 1.29 is 23.8 Å². The van der Waals surface area contributed by atoms with Crippen LogP contribution in [-0.4, -0.2) is 25.3 Å². The minimum Gasteiger partial charge on any atom is -0.493 e. The summed E-state index contributed by atoms with van der Waals surface area (Å²) in [5.41, 5.74) is 1.26. The van der Waals surface area contributed by atoms with Crippen molar-refractivity contribution in [2.45, 2.75) is 12.3 Å². The second-order valence-electron chi connectivity index (χ2n) is 4.80. The summed E-state index contributed by atoms with van der Waals surface area (Å²) in [4.78, 5) is 11.6. The number of carbonyl (C=O) groups is 1. The van der Waals surface area contributed by atoms with Crippen LogP contribution in [0.4, 0.5) is 4.39 Å². The molecule has 0 amide bonds. The highest BCUT2D eigenvalue weighted by atomic mass is 19.1. The molecule has 0 aromatic heterocycles. The van der Waals surface area contributed by atoms with Gasteiger partial charge in [-0.25, -0.2) is 4.39 Å². The molecular formula is C17H17FO4. The molecule has 116 valence electrons. The predicted octanol–water partition coefficient (Wildman–Crippen LogP) is 3.25. The Hall–Kier alpha value is -2.56. The van der Waals surface area contributed by atoms with Gasteiger partial charge in [-0.3, -0.25) is 4.79 Å². The zero-order valence-corrected chi connectivity index (χ0v) is 12.4. The van der Waals surface area contributed by atoms with Crippen molar-refractivity contribution in [2.24, 2.45) is 0 Å². The Morgan fingerprint density at radius 2 is 1.82 bits per heavy atom. The molecule has 0 radical (unpaired) electrons. The normalized spacial score (nSPS) is 11.8. The quantitative estimate of drug-likeness (QED) is 0.890. The lowest BCUT2D eigenvalue weighted by atomic mass is 9.91. The second kappa shape index (κ2) is 6.93. The van der Waals surface area contributed by atoms with Crippen molar-refractivity contribution in [3.8, 4) is 11.5 Å². The maximum absolute atomic E-state index is 13.0. The first kappa shape index (κ1) is 15.8. The molecule has 2 aromatic carbocycles. The highest BCUT2D eigenvalue weighted by Crippen LogP contribution is 2.34. The standard InChI is InChI=1S/C17H17FO4/c1-21-15-5-3-4-12(16(15)22-2)10-14(17(19)20)11-6-8-13(18)9-7-11/h3-9,14H,10H2,1-2H3,(H,19,20). The summed E-state index contributed by atoms with van der Waals surface area (Å²) in [5.74, 6) is -1.11. The van der Waals surface area contributed by atoms with Gasteiger partial charge in [0.25, 0.3) is 0 Å². The average molecular weight is 304 g/mol. The highest BCUT2D eigenvalue weighted by molar-refractivity contribution is 5.76. The molecule has 0 aliphatic rings. The Morgan fingerprint density at radius 3 is 2.36 bits per heavy atom. The van der Waals surface area contributed by atoms with Gasteiger partial charge in [0.15, 0.2) is 11.5 Å². The van der Waals surface area contributed by atoms with E-state index < -0.39 is 17.7 Å². The minimum atomic E-state index is -0.975. The van der Waals surface area contributed by atoms with E-state index in [0.717, 1.165) is 5.56 Å². The van der Waals surface area contributed by atoms with E-state index >= 15 is 0 Å². The molecule has 2 rings (SSSR count). The van der Waals surface area contributed by atoms with Gasteiger partial charge in [0.1, 0.15) is 5.82 Å². The predicted molar refractivity (Wildman–Crippen MR) is 80.0 cm³/mol. The third kappa shape index (κ3) is 3.36. The summed E-state index contributed by atoms with van der Waals surface area (Å²) in [5, 5.41) is 9.48. The first-order chi connectivity index (χ1) is 10.6. The molecule has 0 heterocycles. The van der Waals surface area contributed by atoms with Crippen LogP contribution in [0.5, 0.6) is 11.5 Å². The first-order valence-corrected chi connectivity index (χ1v) is 6.75. The van der Waals surface area contributed by atoms with Crippen molar-refractivity contribution in [3.63, 3.8) is 0 Å². The third-order valence-corrected chi connectivity index (χ3v) is 3.48. The third-order valence-electron chi connectivity index (χ3n) is 3.48. The number of benzene rings is 2. The fourth-order valence-electron chi connectivity index (χ4n) is 2.38. The summed E-state index contributed by atoms with van der Waals surface area (Å²) in [6.45, 7) is 0. The zero-order valence-electron chi connectivity index (χ0n) is 12.4. The SMILES string of the molecule is COc1cccc(CC(C(=O)O)c2ccc(F)cc2)c1OC. The Bertz CT molecular complexity index is 652. The molecule has 0 aliphatic carbocycles. The van der Waals surface area contributed by atoms with Crippen LogP contribution < -0.4 is 9.47 Å². The van der Waals surface area contributed by atoms with Gasteiger partial charge in [-0.15, -0.1) is 0 Å². The van der Waals surface area contributed by atoms with Crippen LogP contribution in [-0.2, 0) is 11.2 Å². The maximum atomic E-state index is 13.0. The van der Waals surface area contributed by atoms with Gasteiger partial charge in [0.05, 0.1) is 20.1 Å². The van der Waals surface area contributed by atoms with E-state index in [4.69, 9.17) is 9.47 Å². The molecule has 2 aromatic rings. The number of hydrogen-bond acceptors (Lipinski definition) is 3. The Kier molecular flexibility index (Phi) is 4.99. The first-order valence-electron chi connectivity index (χ1n) is 6.75. The molecule has 22 heavy (non-hydrogen) atoms. The van der Waals surface area contributed by atoms with Crippen LogP contribution in [0.2, 0.25) is 0 Å². The number of rotatable bonds is 6. The van der Waals surface area contributed by atoms with E-state index in [1.165, 1.54) is 38.5 Å². The molecule has 0 bridgehead atoms. The molecule has 0 aliphatic heterocycles. The van der Waals surface area contributed by atoms with E-state index in [2.05, 4.69) is 0 Å². The highest BCUT2D eigenvalue weighted by Gasteiger charge is 2.23. The van der Waals surface area contributed by atoms with Crippen LogP contribution in [0, 0.1) is 5.82 Å². The number of hydrogen-bond donors (Lipinski definition) is 1. The molecule has 0 fully saturated rings. The molecule has 0 saturated carbocycles. The van der Waals surface area contributed by atoms with Crippen LogP contribution in [0.25, 0.3) is 0 Å². The van der Waals surface area contributed by atoms with Crippen LogP contribution in [0.3, 0.4) is 0 Å². The molecule has 0 spiro atoms. The van der Waals surface area contributed by atoms with E-state index in [1.807, 2.05) is 0 Å². The average Bonchev–Trinajstić information content (AvgIpc) is 2.52. The number of ether oxygens (including phenoxy) is 2. The molecule has 1 unspecified atom stereocenters. The van der Waals surface area contributed by atoms with Gasteiger partial charge in [-0.1, -0.05) is 24.3 Å². The Balaban J connectivity index is 2.37. The summed E-state index contributed by atoms with van der Waals surface area (Å²) >= 11 is 0. The Morgan fingerprint density at radius 1 is 1.14 bits per heavy atom. The van der Waals surface area contributed by atoms with Crippen LogP contribution in [0.15, 0.2) is 42.5 Å². The van der Waals surface area contributed by atoms with Gasteiger partial charge >= 0.3 is 5.97 Å². The van der Waals surface area contributed by atoms with Crippen molar-refractivity contribution >= 4 is 5.97 Å². The van der Waals surface area contributed by atoms with E-state index in [-0.39, 0.29) is 6.42 Å². The van der Waals surface area contributed by atoms with Gasteiger partial charge in [-0.2, -0.15) is 0 Å². The summed E-state index contributed by atoms with van der Waals surface area (Å²) in [6.07, 6.45) is 0.224. The number of aliphatic carboxylic acids is 1. The fraction of sp³-hybridized carbons (Fsp3) is 0.235. The molecule has 1 atom stereocenters. The van der Waals surface area contributed by atoms with Gasteiger partial charge in [0.2, 0.25) is 0 Å². The van der Waals surface area contributed by atoms with Crippen LogP contribution >= 0.6 is 0 Å². The lowest BCUT2D eigenvalue weighted by molar-refractivity contribution is -0.138. The van der Waals surface area contributed by atoms with Crippen molar-refractivity contribution in [3.05, 3.63) is 59.4 Å². The number of para-hydroxylation sites is 1. The lowest BCUT2D eigenvalue weighted by Gasteiger charge is -2.17. The molecule has 4 nitrogen and oxygen atoms in total. The van der Waals surface area contributed by atoms with Gasteiger partial charge < -0.3 is 14.6 Å². The maximum Gasteiger partial charge on any atom is 0.311 e. The van der Waals surface area contributed by atoms with E-state index in [1.54, 1.807) is 18.2 Å². The molecule has 5 heteroatoms. The molecular weight excluding hydrogens is 287 g/mol. The summed E-state index contributed by atoms with van der Waals surface area (Å²) in [6, 6.07) is 10.8.